The molecule has 2 aliphatic rings. The minimum Gasteiger partial charge on any atom is -0.454 e. The Balaban J connectivity index is 1.65. The number of ether oxygens (including phenoxy) is 2. The third-order valence-corrected chi connectivity index (χ3v) is 3.86. The topological polar surface area (TPSA) is 76.1 Å². The van der Waals surface area contributed by atoms with Gasteiger partial charge in [0.2, 0.25) is 18.6 Å². The van der Waals surface area contributed by atoms with Gasteiger partial charge < -0.3 is 14.8 Å². The molecule has 22 heavy (non-hydrogen) atoms. The van der Waals surface area contributed by atoms with E-state index in [-0.39, 0.29) is 6.79 Å². The van der Waals surface area contributed by atoms with Crippen molar-refractivity contribution < 1.29 is 14.8 Å². The van der Waals surface area contributed by atoms with Crippen molar-refractivity contribution in [2.75, 3.05) is 24.1 Å². The highest BCUT2D eigenvalue weighted by molar-refractivity contribution is 5.68. The molecule has 3 heterocycles. The molecule has 0 amide bonds. The highest BCUT2D eigenvalue weighted by atomic mass is 16.7. The van der Waals surface area contributed by atoms with E-state index in [1.54, 1.807) is 6.20 Å². The van der Waals surface area contributed by atoms with Gasteiger partial charge in [-0.15, -0.1) is 0 Å². The number of hydrogen-bond donors (Lipinski definition) is 2. The van der Waals surface area contributed by atoms with Gasteiger partial charge in [0.25, 0.3) is 5.82 Å². The zero-order valence-corrected chi connectivity index (χ0v) is 12.4. The molecule has 0 fully saturated rings. The van der Waals surface area contributed by atoms with Crippen molar-refractivity contribution >= 4 is 23.1 Å². The number of nitrogens with two attached hydrogens (primary N) is 1. The van der Waals surface area contributed by atoms with Crippen LogP contribution in [0.5, 0.6) is 11.5 Å². The van der Waals surface area contributed by atoms with Gasteiger partial charge in [-0.05, 0) is 25.1 Å². The highest BCUT2D eigenvalue weighted by Crippen LogP contribution is 2.37. The van der Waals surface area contributed by atoms with E-state index in [4.69, 9.17) is 9.47 Å². The van der Waals surface area contributed by atoms with Gasteiger partial charge in [-0.25, -0.2) is 10.3 Å². The van der Waals surface area contributed by atoms with Crippen molar-refractivity contribution in [1.82, 2.24) is 9.97 Å². The molecule has 0 aliphatic carbocycles. The summed E-state index contributed by atoms with van der Waals surface area (Å²) < 4.78 is 10.8. The van der Waals surface area contributed by atoms with Gasteiger partial charge in [0, 0.05) is 18.8 Å². The van der Waals surface area contributed by atoms with E-state index in [1.807, 2.05) is 36.3 Å². The van der Waals surface area contributed by atoms with Crippen molar-refractivity contribution in [3.05, 3.63) is 36.3 Å². The third kappa shape index (κ3) is 1.94. The molecule has 1 aromatic carbocycles. The lowest BCUT2D eigenvalue weighted by molar-refractivity contribution is -0.513. The fraction of sp³-hybridized carbons (Fsp3) is 0.200. The van der Waals surface area contributed by atoms with E-state index >= 15 is 0 Å². The van der Waals surface area contributed by atoms with Crippen LogP contribution in [0.3, 0.4) is 0 Å². The number of aryl methyl sites for hydroxylation is 1. The molecule has 0 unspecified atom stereocenters. The van der Waals surface area contributed by atoms with Crippen LogP contribution in [0.2, 0.25) is 0 Å². The molecule has 7 nitrogen and oxygen atoms in total. The first kappa shape index (κ1) is 12.9. The quantitative estimate of drug-likeness (QED) is 0.872. The largest absolute Gasteiger partial charge is 0.454 e. The Morgan fingerprint density at radius 1 is 1.32 bits per heavy atom. The molecule has 4 rings (SSSR count). The van der Waals surface area contributed by atoms with Crippen molar-refractivity contribution in [2.45, 2.75) is 6.92 Å². The van der Waals surface area contributed by atoms with Crippen molar-refractivity contribution in [1.29, 1.82) is 0 Å². The van der Waals surface area contributed by atoms with Gasteiger partial charge in [0.05, 0.1) is 6.20 Å². The number of benzene rings is 1. The average Bonchev–Trinajstić information content (AvgIpc) is 3.04. The number of aromatic nitrogens is 2. The van der Waals surface area contributed by atoms with Gasteiger partial charge in [-0.2, -0.15) is 4.98 Å². The van der Waals surface area contributed by atoms with Crippen molar-refractivity contribution in [2.24, 2.45) is 0 Å². The van der Waals surface area contributed by atoms with Crippen LogP contribution < -0.4 is 25.0 Å². The molecule has 2 aliphatic heterocycles. The molecule has 3 N–H and O–H groups in total. The third-order valence-electron chi connectivity index (χ3n) is 3.86. The predicted molar refractivity (Wildman–Crippen MR) is 81.7 cm³/mol. The minimum atomic E-state index is 0.261. The standard InChI is InChI=1S/C15H15N5O2/c1-8-4-12-13(22-7-21-12)5-10(8)18-15-16-6-11-14(19-15)17-9(2)20(11)3/h4-6H,2,7H2,1,3H3,(H2,16,17,18,19)/p+1. The normalized spacial score (nSPS) is 15.2. The van der Waals surface area contributed by atoms with Crippen molar-refractivity contribution in [3.63, 3.8) is 0 Å². The van der Waals surface area contributed by atoms with Crippen LogP contribution in [0.15, 0.2) is 30.7 Å². The fourth-order valence-corrected chi connectivity index (χ4v) is 2.52. The summed E-state index contributed by atoms with van der Waals surface area (Å²) in [5, 5.41) is 5.17. The molecule has 1 aromatic heterocycles. The van der Waals surface area contributed by atoms with Crippen molar-refractivity contribution in [3.8, 4) is 11.5 Å². The van der Waals surface area contributed by atoms with Gasteiger partial charge in [0.1, 0.15) is 5.69 Å². The first-order valence-electron chi connectivity index (χ1n) is 6.93. The van der Waals surface area contributed by atoms with Gasteiger partial charge >= 0.3 is 0 Å². The lowest BCUT2D eigenvalue weighted by Crippen LogP contribution is -2.75. The number of quaternary nitrogens is 1. The Morgan fingerprint density at radius 3 is 2.91 bits per heavy atom. The van der Waals surface area contributed by atoms with Crippen LogP contribution >= 0.6 is 0 Å². The number of anilines is 3. The summed E-state index contributed by atoms with van der Waals surface area (Å²) in [6.45, 7) is 6.23. The molecule has 112 valence electrons. The monoisotopic (exact) mass is 298 g/mol. The van der Waals surface area contributed by atoms with E-state index in [2.05, 4.69) is 21.9 Å². The second-order valence-electron chi connectivity index (χ2n) is 5.30. The Morgan fingerprint density at radius 2 is 2.09 bits per heavy atom. The first-order valence-corrected chi connectivity index (χ1v) is 6.93. The molecular weight excluding hydrogens is 282 g/mol. The van der Waals surface area contributed by atoms with Crippen LogP contribution in [0, 0.1) is 6.92 Å². The summed E-state index contributed by atoms with van der Waals surface area (Å²) in [5.74, 6) is 3.81. The second-order valence-corrected chi connectivity index (χ2v) is 5.30. The van der Waals surface area contributed by atoms with Crippen LogP contribution in [0.4, 0.5) is 23.1 Å². The number of hydrogen-bond acceptors (Lipinski definition) is 6. The average molecular weight is 298 g/mol. The molecule has 7 heteroatoms. The lowest BCUT2D eigenvalue weighted by atomic mass is 10.2. The summed E-state index contributed by atoms with van der Waals surface area (Å²) in [6.07, 6.45) is 1.79. The second kappa shape index (κ2) is 4.60. The number of nitrogens with one attached hydrogen (secondary N) is 1. The molecular formula is C15H16N5O2+. The number of rotatable bonds is 2. The highest BCUT2D eigenvalue weighted by Gasteiger charge is 2.27. The SMILES string of the molecule is C=C1[NH2+]c2nc(Nc3cc4c(cc3C)OCO4)ncc2N1C. The summed E-state index contributed by atoms with van der Waals surface area (Å²) in [6, 6.07) is 3.85. The fourth-order valence-electron chi connectivity index (χ4n) is 2.52. The molecule has 0 atom stereocenters. The Hall–Kier alpha value is -2.80. The minimum absolute atomic E-state index is 0.261. The van der Waals surface area contributed by atoms with E-state index < -0.39 is 0 Å². The summed E-state index contributed by atoms with van der Waals surface area (Å²) in [5.41, 5.74) is 2.89. The maximum absolute atomic E-state index is 5.41. The maximum atomic E-state index is 5.41. The smallest absolute Gasteiger partial charge is 0.259 e. The van der Waals surface area contributed by atoms with Crippen LogP contribution in [-0.4, -0.2) is 23.8 Å². The van der Waals surface area contributed by atoms with Crippen LogP contribution in [0.25, 0.3) is 0 Å². The molecule has 0 spiro atoms. The van der Waals surface area contributed by atoms with Crippen LogP contribution in [0.1, 0.15) is 5.56 Å². The van der Waals surface area contributed by atoms with E-state index in [0.717, 1.165) is 40.1 Å². The number of fused-ring (bicyclic) bond motifs is 2. The maximum Gasteiger partial charge on any atom is 0.259 e. The molecule has 0 saturated carbocycles. The predicted octanol–water partition coefficient (Wildman–Crippen LogP) is 1.37. The summed E-state index contributed by atoms with van der Waals surface area (Å²) >= 11 is 0. The van der Waals surface area contributed by atoms with Crippen LogP contribution in [-0.2, 0) is 0 Å². The first-order chi connectivity index (χ1) is 10.6. The molecule has 0 bridgehead atoms. The van der Waals surface area contributed by atoms with Gasteiger partial charge in [0.15, 0.2) is 11.5 Å². The van der Waals surface area contributed by atoms with E-state index in [9.17, 15) is 0 Å². The van der Waals surface area contributed by atoms with Gasteiger partial charge in [-0.3, -0.25) is 4.90 Å². The zero-order valence-electron chi connectivity index (χ0n) is 12.4. The van der Waals surface area contributed by atoms with E-state index in [1.165, 1.54) is 0 Å². The molecule has 0 radical (unpaired) electrons. The molecule has 0 saturated heterocycles. The Labute approximate surface area is 127 Å². The van der Waals surface area contributed by atoms with Gasteiger partial charge in [-0.1, -0.05) is 0 Å². The zero-order chi connectivity index (χ0) is 15.3. The Kier molecular flexibility index (Phi) is 2.70. The summed E-state index contributed by atoms with van der Waals surface area (Å²) in [4.78, 5) is 10.9. The molecule has 2 aromatic rings. The van der Waals surface area contributed by atoms with E-state index in [0.29, 0.717) is 5.95 Å². The lowest BCUT2D eigenvalue weighted by Gasteiger charge is -2.10. The summed E-state index contributed by atoms with van der Waals surface area (Å²) in [7, 11) is 1.95. The Bertz CT molecular complexity index is 790. The number of nitrogens with zero attached hydrogens (tertiary/aromatic N) is 3.